The summed E-state index contributed by atoms with van der Waals surface area (Å²) < 4.78 is 13.3. The molecule has 1 heterocycles. The smallest absolute Gasteiger partial charge is 0.255 e. The van der Waals surface area contributed by atoms with Gasteiger partial charge in [0, 0.05) is 22.5 Å². The molecule has 3 aromatic carbocycles. The maximum Gasteiger partial charge on any atom is 0.255 e. The van der Waals surface area contributed by atoms with Crippen LogP contribution in [0.2, 0.25) is 0 Å². The predicted molar refractivity (Wildman–Crippen MR) is 112 cm³/mol. The van der Waals surface area contributed by atoms with E-state index in [0.717, 1.165) is 11.4 Å². The molecule has 1 aromatic heterocycles. The number of anilines is 3. The van der Waals surface area contributed by atoms with E-state index < -0.39 is 0 Å². The molecule has 29 heavy (non-hydrogen) atoms. The molecule has 0 radical (unpaired) electrons. The van der Waals surface area contributed by atoms with Crippen LogP contribution in [-0.2, 0) is 0 Å². The van der Waals surface area contributed by atoms with Crippen LogP contribution in [0.3, 0.4) is 0 Å². The van der Waals surface area contributed by atoms with E-state index in [2.05, 4.69) is 20.8 Å². The Morgan fingerprint density at radius 2 is 1.55 bits per heavy atom. The van der Waals surface area contributed by atoms with Crippen molar-refractivity contribution in [2.75, 3.05) is 10.6 Å². The lowest BCUT2D eigenvalue weighted by Crippen LogP contribution is -2.11. The van der Waals surface area contributed by atoms with Crippen LogP contribution in [0.1, 0.15) is 10.4 Å². The van der Waals surface area contributed by atoms with E-state index in [1.807, 2.05) is 30.3 Å². The van der Waals surface area contributed by atoms with Crippen molar-refractivity contribution in [1.29, 1.82) is 0 Å². The van der Waals surface area contributed by atoms with E-state index in [1.165, 1.54) is 12.1 Å². The molecule has 4 aromatic rings. The average Bonchev–Trinajstić information content (AvgIpc) is 2.75. The molecule has 0 spiro atoms. The maximum atomic E-state index is 13.3. The van der Waals surface area contributed by atoms with Crippen LogP contribution in [0.5, 0.6) is 0 Å². The Morgan fingerprint density at radius 1 is 0.759 bits per heavy atom. The van der Waals surface area contributed by atoms with Gasteiger partial charge in [-0.1, -0.05) is 30.3 Å². The number of nitrogens with zero attached hydrogens (tertiary/aromatic N) is 2. The van der Waals surface area contributed by atoms with E-state index in [0.29, 0.717) is 22.6 Å². The van der Waals surface area contributed by atoms with Crippen LogP contribution in [0.15, 0.2) is 91.0 Å². The molecular formula is C23H17FN4O. The number of carbonyl (C=O) groups is 1. The highest BCUT2D eigenvalue weighted by Gasteiger charge is 2.07. The fourth-order valence-corrected chi connectivity index (χ4v) is 2.78. The second-order valence-corrected chi connectivity index (χ2v) is 6.34. The highest BCUT2D eigenvalue weighted by molar-refractivity contribution is 6.04. The van der Waals surface area contributed by atoms with Crippen LogP contribution in [-0.4, -0.2) is 16.1 Å². The molecule has 5 nitrogen and oxygen atoms in total. The van der Waals surface area contributed by atoms with E-state index in [9.17, 15) is 9.18 Å². The number of rotatable bonds is 5. The summed E-state index contributed by atoms with van der Waals surface area (Å²) >= 11 is 0. The van der Waals surface area contributed by atoms with E-state index in [4.69, 9.17) is 0 Å². The first-order valence-electron chi connectivity index (χ1n) is 9.00. The predicted octanol–water partition coefficient (Wildman–Crippen LogP) is 5.28. The maximum absolute atomic E-state index is 13.3. The average molecular weight is 384 g/mol. The molecule has 1 amide bonds. The summed E-state index contributed by atoms with van der Waals surface area (Å²) in [6, 6.07) is 26.1. The second kappa shape index (κ2) is 8.31. The zero-order valence-corrected chi connectivity index (χ0v) is 15.3. The van der Waals surface area contributed by atoms with Crippen molar-refractivity contribution < 1.29 is 9.18 Å². The molecule has 0 bridgehead atoms. The zero-order valence-electron chi connectivity index (χ0n) is 15.3. The molecule has 0 saturated carbocycles. The van der Waals surface area contributed by atoms with Crippen LogP contribution >= 0.6 is 0 Å². The Bertz CT molecular complexity index is 1110. The summed E-state index contributed by atoms with van der Waals surface area (Å²) in [7, 11) is 0. The fourth-order valence-electron chi connectivity index (χ4n) is 2.78. The van der Waals surface area contributed by atoms with E-state index in [1.54, 1.807) is 48.5 Å². The summed E-state index contributed by atoms with van der Waals surface area (Å²) in [4.78, 5) is 12.3. The number of amides is 1. The van der Waals surface area contributed by atoms with Crippen molar-refractivity contribution in [3.05, 3.63) is 102 Å². The van der Waals surface area contributed by atoms with E-state index in [-0.39, 0.29) is 11.7 Å². The van der Waals surface area contributed by atoms with Crippen molar-refractivity contribution in [2.24, 2.45) is 0 Å². The molecule has 0 saturated heterocycles. The highest BCUT2D eigenvalue weighted by atomic mass is 19.1. The molecule has 2 N–H and O–H groups in total. The third-order valence-electron chi connectivity index (χ3n) is 4.24. The third kappa shape index (κ3) is 4.62. The van der Waals surface area contributed by atoms with Gasteiger partial charge in [-0.3, -0.25) is 4.79 Å². The first-order chi connectivity index (χ1) is 14.2. The molecule has 0 atom stereocenters. The fraction of sp³-hybridized carbons (Fsp3) is 0. The lowest BCUT2D eigenvalue weighted by atomic mass is 10.1. The van der Waals surface area contributed by atoms with Crippen LogP contribution in [0.25, 0.3) is 11.3 Å². The Hall–Kier alpha value is -4.06. The van der Waals surface area contributed by atoms with Gasteiger partial charge in [0.25, 0.3) is 5.91 Å². The number of hydrogen-bond donors (Lipinski definition) is 2. The summed E-state index contributed by atoms with van der Waals surface area (Å²) in [6.07, 6.45) is 0. The van der Waals surface area contributed by atoms with Crippen molar-refractivity contribution in [3.8, 4) is 11.3 Å². The quantitative estimate of drug-likeness (QED) is 0.491. The first-order valence-corrected chi connectivity index (χ1v) is 9.00. The molecule has 6 heteroatoms. The van der Waals surface area contributed by atoms with Crippen molar-refractivity contribution in [3.63, 3.8) is 0 Å². The van der Waals surface area contributed by atoms with Gasteiger partial charge >= 0.3 is 0 Å². The van der Waals surface area contributed by atoms with Gasteiger partial charge in [-0.05, 0) is 60.7 Å². The Labute approximate surface area is 167 Å². The van der Waals surface area contributed by atoms with Crippen LogP contribution in [0, 0.1) is 5.82 Å². The SMILES string of the molecule is O=C(Nc1ccccc1)c1ccc(Nc2ccc(-c3cccc(F)c3)nn2)cc1. The number of carbonyl (C=O) groups excluding carboxylic acids is 1. The molecule has 142 valence electrons. The van der Waals surface area contributed by atoms with Gasteiger partial charge in [-0.25, -0.2) is 4.39 Å². The largest absolute Gasteiger partial charge is 0.339 e. The van der Waals surface area contributed by atoms with Gasteiger partial charge in [-0.15, -0.1) is 10.2 Å². The van der Waals surface area contributed by atoms with Crippen LogP contribution in [0.4, 0.5) is 21.6 Å². The minimum atomic E-state index is -0.317. The number of nitrogens with one attached hydrogen (secondary N) is 2. The Morgan fingerprint density at radius 3 is 2.24 bits per heavy atom. The standard InChI is InChI=1S/C23H17FN4O/c24-18-6-4-5-17(15-18)21-13-14-22(28-27-21)25-20-11-9-16(10-12-20)23(29)26-19-7-2-1-3-8-19/h1-15H,(H,25,28)(H,26,29). The Balaban J connectivity index is 1.41. The summed E-state index contributed by atoms with van der Waals surface area (Å²) in [6.45, 7) is 0. The summed E-state index contributed by atoms with van der Waals surface area (Å²) in [5.41, 5.74) is 3.31. The molecule has 4 rings (SSSR count). The number of para-hydroxylation sites is 1. The first kappa shape index (κ1) is 18.3. The molecule has 0 aliphatic carbocycles. The minimum Gasteiger partial charge on any atom is -0.339 e. The molecule has 0 aliphatic heterocycles. The lowest BCUT2D eigenvalue weighted by molar-refractivity contribution is 0.102. The van der Waals surface area contributed by atoms with Gasteiger partial charge < -0.3 is 10.6 Å². The zero-order chi connectivity index (χ0) is 20.1. The number of benzene rings is 3. The van der Waals surface area contributed by atoms with Gasteiger partial charge in [0.2, 0.25) is 0 Å². The Kier molecular flexibility index (Phi) is 5.25. The van der Waals surface area contributed by atoms with Gasteiger partial charge in [0.1, 0.15) is 5.82 Å². The molecular weight excluding hydrogens is 367 g/mol. The lowest BCUT2D eigenvalue weighted by Gasteiger charge is -2.08. The van der Waals surface area contributed by atoms with Crippen molar-refractivity contribution >= 4 is 23.1 Å². The topological polar surface area (TPSA) is 66.9 Å². The van der Waals surface area contributed by atoms with Crippen molar-refractivity contribution in [2.45, 2.75) is 0 Å². The van der Waals surface area contributed by atoms with Gasteiger partial charge in [0.05, 0.1) is 5.69 Å². The van der Waals surface area contributed by atoms with Crippen molar-refractivity contribution in [1.82, 2.24) is 10.2 Å². The second-order valence-electron chi connectivity index (χ2n) is 6.34. The highest BCUT2D eigenvalue weighted by Crippen LogP contribution is 2.20. The normalized spacial score (nSPS) is 10.4. The summed E-state index contributed by atoms with van der Waals surface area (Å²) in [5.74, 6) is 0.0523. The minimum absolute atomic E-state index is 0.179. The summed E-state index contributed by atoms with van der Waals surface area (Å²) in [5, 5.41) is 14.2. The van der Waals surface area contributed by atoms with Crippen LogP contribution < -0.4 is 10.6 Å². The van der Waals surface area contributed by atoms with Gasteiger partial charge in [0.15, 0.2) is 5.82 Å². The monoisotopic (exact) mass is 384 g/mol. The number of aromatic nitrogens is 2. The number of halogens is 1. The van der Waals surface area contributed by atoms with E-state index >= 15 is 0 Å². The molecule has 0 fully saturated rings. The molecule has 0 aliphatic rings. The number of hydrogen-bond acceptors (Lipinski definition) is 4. The van der Waals surface area contributed by atoms with Gasteiger partial charge in [-0.2, -0.15) is 0 Å². The third-order valence-corrected chi connectivity index (χ3v) is 4.24. The molecule has 0 unspecified atom stereocenters.